The molecule has 1 aromatic carbocycles. The Morgan fingerprint density at radius 2 is 2.13 bits per heavy atom. The number of nitrogens with zero attached hydrogens (tertiary/aromatic N) is 1. The van der Waals surface area contributed by atoms with Crippen LogP contribution in [0.1, 0.15) is 5.56 Å². The van der Waals surface area contributed by atoms with E-state index in [1.165, 1.54) is 5.56 Å². The van der Waals surface area contributed by atoms with Gasteiger partial charge in [0.1, 0.15) is 11.8 Å². The van der Waals surface area contributed by atoms with E-state index in [9.17, 15) is 0 Å². The number of rotatable bonds is 5. The average Bonchev–Trinajstić information content (AvgIpc) is 2.29. The van der Waals surface area contributed by atoms with Crippen LogP contribution >= 0.6 is 11.8 Å². The van der Waals surface area contributed by atoms with E-state index in [0.29, 0.717) is 5.75 Å². The maximum Gasteiger partial charge on any atom is 0.118 e. The Balaban J connectivity index is 2.35. The molecule has 0 heterocycles. The smallest absolute Gasteiger partial charge is 0.118 e. The third-order valence-corrected chi connectivity index (χ3v) is 3.02. The van der Waals surface area contributed by atoms with Crippen LogP contribution in [-0.2, 0) is 5.75 Å². The van der Waals surface area contributed by atoms with Gasteiger partial charge >= 0.3 is 0 Å². The number of benzene rings is 1. The van der Waals surface area contributed by atoms with Crippen molar-refractivity contribution in [3.8, 4) is 11.8 Å². The molecule has 1 rings (SSSR count). The summed E-state index contributed by atoms with van der Waals surface area (Å²) in [5.74, 6) is 2.40. The Morgan fingerprint density at radius 3 is 2.67 bits per heavy atom. The molecule has 0 bridgehead atoms. The zero-order chi connectivity index (χ0) is 11.1. The lowest BCUT2D eigenvalue weighted by Gasteiger charge is -2.04. The zero-order valence-corrected chi connectivity index (χ0v) is 9.46. The van der Waals surface area contributed by atoms with E-state index in [0.717, 1.165) is 11.5 Å². The molecule has 0 radical (unpaired) electrons. The van der Waals surface area contributed by atoms with Gasteiger partial charge in [0.05, 0.1) is 13.2 Å². The topological polar surface area (TPSA) is 59.0 Å². The van der Waals surface area contributed by atoms with Gasteiger partial charge in [0, 0.05) is 11.5 Å². The van der Waals surface area contributed by atoms with Crippen molar-refractivity contribution in [1.29, 1.82) is 5.26 Å². The average molecular weight is 222 g/mol. The van der Waals surface area contributed by atoms with Crippen molar-refractivity contribution < 1.29 is 4.74 Å². The SMILES string of the molecule is COc1ccc(CSC[C@H](N)C#N)cc1. The van der Waals surface area contributed by atoms with Crippen LogP contribution in [0, 0.1) is 11.3 Å². The first-order chi connectivity index (χ1) is 7.26. The van der Waals surface area contributed by atoms with Gasteiger partial charge in [0.25, 0.3) is 0 Å². The molecule has 1 aromatic rings. The number of ether oxygens (including phenoxy) is 1. The van der Waals surface area contributed by atoms with Crippen LogP contribution in [0.2, 0.25) is 0 Å². The van der Waals surface area contributed by atoms with Crippen LogP contribution in [0.15, 0.2) is 24.3 Å². The Hall–Kier alpha value is -1.18. The molecule has 3 nitrogen and oxygen atoms in total. The molecule has 0 aliphatic heterocycles. The van der Waals surface area contributed by atoms with Gasteiger partial charge in [-0.05, 0) is 17.7 Å². The summed E-state index contributed by atoms with van der Waals surface area (Å²) >= 11 is 1.66. The zero-order valence-electron chi connectivity index (χ0n) is 8.64. The fourth-order valence-electron chi connectivity index (χ4n) is 1.06. The maximum atomic E-state index is 8.50. The first kappa shape index (κ1) is 11.9. The lowest BCUT2D eigenvalue weighted by Crippen LogP contribution is -2.19. The molecule has 4 heteroatoms. The predicted molar refractivity (Wildman–Crippen MR) is 62.7 cm³/mol. The van der Waals surface area contributed by atoms with Crippen molar-refractivity contribution >= 4 is 11.8 Å². The Bertz CT molecular complexity index is 331. The van der Waals surface area contributed by atoms with Crippen molar-refractivity contribution in [2.75, 3.05) is 12.9 Å². The van der Waals surface area contributed by atoms with Crippen LogP contribution < -0.4 is 10.5 Å². The molecule has 0 unspecified atom stereocenters. The van der Waals surface area contributed by atoms with Crippen molar-refractivity contribution in [2.45, 2.75) is 11.8 Å². The number of hydrogen-bond acceptors (Lipinski definition) is 4. The summed E-state index contributed by atoms with van der Waals surface area (Å²) in [5.41, 5.74) is 6.69. The van der Waals surface area contributed by atoms with Crippen molar-refractivity contribution in [1.82, 2.24) is 0 Å². The van der Waals surface area contributed by atoms with Gasteiger partial charge in [-0.15, -0.1) is 0 Å². The molecular formula is C11H14N2OS. The minimum absolute atomic E-state index is 0.367. The molecule has 0 aliphatic rings. The van der Waals surface area contributed by atoms with Gasteiger partial charge in [0.15, 0.2) is 0 Å². The monoisotopic (exact) mass is 222 g/mol. The van der Waals surface area contributed by atoms with Gasteiger partial charge < -0.3 is 10.5 Å². The molecule has 0 aliphatic carbocycles. The number of hydrogen-bond donors (Lipinski definition) is 1. The van der Waals surface area contributed by atoms with Crippen molar-refractivity contribution in [3.63, 3.8) is 0 Å². The van der Waals surface area contributed by atoms with Crippen LogP contribution in [0.4, 0.5) is 0 Å². The Labute approximate surface area is 94.2 Å². The summed E-state index contributed by atoms with van der Waals surface area (Å²) in [6.45, 7) is 0. The molecule has 0 amide bonds. The van der Waals surface area contributed by atoms with Crippen LogP contribution in [0.25, 0.3) is 0 Å². The van der Waals surface area contributed by atoms with E-state index in [1.807, 2.05) is 30.3 Å². The molecule has 15 heavy (non-hydrogen) atoms. The molecule has 0 fully saturated rings. The van der Waals surface area contributed by atoms with Crippen LogP contribution in [0.3, 0.4) is 0 Å². The molecule has 2 N–H and O–H groups in total. The summed E-state index contributed by atoms with van der Waals surface area (Å²) < 4.78 is 5.06. The molecule has 0 saturated carbocycles. The summed E-state index contributed by atoms with van der Waals surface area (Å²) in [6.07, 6.45) is 0. The fourth-order valence-corrected chi connectivity index (χ4v) is 1.94. The van der Waals surface area contributed by atoms with Gasteiger partial charge in [-0.25, -0.2) is 0 Å². The summed E-state index contributed by atoms with van der Waals surface area (Å²) in [6, 6.07) is 9.54. The second kappa shape index (κ2) is 6.33. The summed E-state index contributed by atoms with van der Waals surface area (Å²) in [7, 11) is 1.65. The second-order valence-corrected chi connectivity index (χ2v) is 4.13. The van der Waals surface area contributed by atoms with Gasteiger partial charge in [0.2, 0.25) is 0 Å². The summed E-state index contributed by atoms with van der Waals surface area (Å²) in [4.78, 5) is 0. The second-order valence-electron chi connectivity index (χ2n) is 3.10. The highest BCUT2D eigenvalue weighted by molar-refractivity contribution is 7.98. The van der Waals surface area contributed by atoms with E-state index in [1.54, 1.807) is 18.9 Å². The third-order valence-electron chi connectivity index (χ3n) is 1.89. The fraction of sp³-hybridized carbons (Fsp3) is 0.364. The van der Waals surface area contributed by atoms with E-state index >= 15 is 0 Å². The van der Waals surface area contributed by atoms with E-state index in [4.69, 9.17) is 15.7 Å². The lowest BCUT2D eigenvalue weighted by molar-refractivity contribution is 0.414. The molecule has 0 spiro atoms. The molecule has 0 aromatic heterocycles. The Kier molecular flexibility index (Phi) is 5.02. The largest absolute Gasteiger partial charge is 0.497 e. The normalized spacial score (nSPS) is 11.8. The summed E-state index contributed by atoms with van der Waals surface area (Å²) in [5, 5.41) is 8.50. The highest BCUT2D eigenvalue weighted by atomic mass is 32.2. The first-order valence-corrected chi connectivity index (χ1v) is 5.77. The lowest BCUT2D eigenvalue weighted by atomic mass is 10.2. The molecule has 0 saturated heterocycles. The van der Waals surface area contributed by atoms with Crippen molar-refractivity contribution in [2.24, 2.45) is 5.73 Å². The van der Waals surface area contributed by atoms with E-state index in [2.05, 4.69) is 0 Å². The first-order valence-electron chi connectivity index (χ1n) is 4.62. The maximum absolute atomic E-state index is 8.50. The minimum Gasteiger partial charge on any atom is -0.497 e. The molecule has 80 valence electrons. The Morgan fingerprint density at radius 1 is 1.47 bits per heavy atom. The number of thioether (sulfide) groups is 1. The standard InChI is InChI=1S/C11H14N2OS/c1-14-11-4-2-9(3-5-11)7-15-8-10(13)6-12/h2-5,10H,7-8,13H2,1H3/t10-/m1/s1. The van der Waals surface area contributed by atoms with Gasteiger partial charge in [-0.3, -0.25) is 0 Å². The number of nitriles is 1. The minimum atomic E-state index is -0.367. The predicted octanol–water partition coefficient (Wildman–Crippen LogP) is 1.78. The van der Waals surface area contributed by atoms with E-state index in [-0.39, 0.29) is 6.04 Å². The van der Waals surface area contributed by atoms with Crippen LogP contribution in [0.5, 0.6) is 5.75 Å². The van der Waals surface area contributed by atoms with Crippen LogP contribution in [-0.4, -0.2) is 18.9 Å². The highest BCUT2D eigenvalue weighted by Gasteiger charge is 2.00. The van der Waals surface area contributed by atoms with Crippen molar-refractivity contribution in [3.05, 3.63) is 29.8 Å². The molecular weight excluding hydrogens is 208 g/mol. The van der Waals surface area contributed by atoms with E-state index < -0.39 is 0 Å². The highest BCUT2D eigenvalue weighted by Crippen LogP contribution is 2.16. The number of nitrogens with two attached hydrogens (primary N) is 1. The third kappa shape index (κ3) is 4.24. The van der Waals surface area contributed by atoms with Gasteiger partial charge in [-0.1, -0.05) is 12.1 Å². The molecule has 1 atom stereocenters. The number of methoxy groups -OCH3 is 1. The van der Waals surface area contributed by atoms with Gasteiger partial charge in [-0.2, -0.15) is 17.0 Å². The quantitative estimate of drug-likeness (QED) is 0.825.